The van der Waals surface area contributed by atoms with Crippen molar-refractivity contribution >= 4 is 7.94 Å². The molecule has 0 bridgehead atoms. The van der Waals surface area contributed by atoms with Crippen LogP contribution in [0.5, 0.6) is 0 Å². The van der Waals surface area contributed by atoms with Gasteiger partial charge in [-0.15, -0.1) is 0 Å². The molecule has 0 aromatic carbocycles. The second-order valence-electron chi connectivity index (χ2n) is 2.92. The Hall–Kier alpha value is -0.640. The van der Waals surface area contributed by atoms with E-state index in [0.717, 1.165) is 6.16 Å². The summed E-state index contributed by atoms with van der Waals surface area (Å²) in [6, 6.07) is 0. The molecular weight excluding hydrogens is 215 g/mol. The summed E-state index contributed by atoms with van der Waals surface area (Å²) in [6.07, 6.45) is 5.73. The van der Waals surface area contributed by atoms with Gasteiger partial charge in [-0.25, -0.2) is 0 Å². The van der Waals surface area contributed by atoms with Crippen molar-refractivity contribution in [3.63, 3.8) is 0 Å². The molecular formula is C9H19N2O3P. The van der Waals surface area contributed by atoms with Gasteiger partial charge >= 0.3 is 90.2 Å². The Morgan fingerprint density at radius 2 is 1.87 bits per heavy atom. The molecule has 15 heavy (non-hydrogen) atoms. The molecule has 1 aromatic rings. The molecule has 0 aliphatic rings. The van der Waals surface area contributed by atoms with Crippen molar-refractivity contribution in [1.82, 2.24) is 9.71 Å². The Morgan fingerprint density at radius 3 is 2.27 bits per heavy atom. The first-order valence-electron chi connectivity index (χ1n) is 5.21. The molecule has 0 saturated heterocycles. The second-order valence-corrected chi connectivity index (χ2v) is 5.75. The minimum atomic E-state index is -2.55. The van der Waals surface area contributed by atoms with Crippen LogP contribution in [0.3, 0.4) is 0 Å². The van der Waals surface area contributed by atoms with E-state index in [4.69, 9.17) is 13.7 Å². The number of nitrogens with zero attached hydrogens (tertiary/aromatic N) is 2. The predicted octanol–water partition coefficient (Wildman–Crippen LogP) is 1.90. The summed E-state index contributed by atoms with van der Waals surface area (Å²) in [7, 11) is -2.55. The molecule has 5 nitrogen and oxygen atoms in total. The zero-order chi connectivity index (χ0) is 11.1. The molecule has 0 spiro atoms. The van der Waals surface area contributed by atoms with E-state index in [1.165, 1.54) is 0 Å². The summed E-state index contributed by atoms with van der Waals surface area (Å²) in [5.74, 6) is 0. The Kier molecular flexibility index (Phi) is 5.02. The molecule has 0 N–H and O–H groups in total. The summed E-state index contributed by atoms with van der Waals surface area (Å²) >= 11 is 0. The number of hydrogen-bond donors (Lipinski definition) is 0. The number of hydrogen-bond acceptors (Lipinski definition) is 4. The van der Waals surface area contributed by atoms with Gasteiger partial charge in [-0.05, 0) is 0 Å². The number of imidazole rings is 1. The van der Waals surface area contributed by atoms with Gasteiger partial charge in [0, 0.05) is 0 Å². The molecule has 0 unspecified atom stereocenters. The minimum absolute atomic E-state index is 0.592. The molecule has 0 amide bonds. The summed E-state index contributed by atoms with van der Waals surface area (Å²) in [5, 5.41) is 0. The van der Waals surface area contributed by atoms with Gasteiger partial charge in [-0.1, -0.05) is 0 Å². The van der Waals surface area contributed by atoms with Gasteiger partial charge in [0.25, 0.3) is 0 Å². The summed E-state index contributed by atoms with van der Waals surface area (Å²) in [6.45, 7) is 7.07. The van der Waals surface area contributed by atoms with Crippen LogP contribution in [0, 0.1) is 0 Å². The second kappa shape index (κ2) is 6.05. The first kappa shape index (κ1) is 12.4. The molecule has 88 valence electrons. The SMILES string of the molecule is CCO[PH](CC)(OCC)On1ccnc1. The molecule has 0 aliphatic heterocycles. The van der Waals surface area contributed by atoms with Crippen LogP contribution in [-0.4, -0.2) is 29.1 Å². The monoisotopic (exact) mass is 234 g/mol. The normalized spacial score (nSPS) is 12.7. The van der Waals surface area contributed by atoms with Crippen molar-refractivity contribution in [1.29, 1.82) is 0 Å². The average molecular weight is 234 g/mol. The van der Waals surface area contributed by atoms with E-state index in [1.807, 2.05) is 20.8 Å². The fraction of sp³-hybridized carbons (Fsp3) is 0.667. The Bertz CT molecular complexity index is 260. The van der Waals surface area contributed by atoms with Gasteiger partial charge in [0.15, 0.2) is 0 Å². The molecule has 1 heterocycles. The summed E-state index contributed by atoms with van der Waals surface area (Å²) in [5.41, 5.74) is 0. The van der Waals surface area contributed by atoms with Crippen molar-refractivity contribution in [2.45, 2.75) is 20.8 Å². The van der Waals surface area contributed by atoms with E-state index in [2.05, 4.69) is 4.98 Å². The summed E-state index contributed by atoms with van der Waals surface area (Å²) < 4.78 is 18.5. The molecule has 0 atom stereocenters. The third-order valence-corrected chi connectivity index (χ3v) is 4.70. The van der Waals surface area contributed by atoms with E-state index >= 15 is 0 Å². The van der Waals surface area contributed by atoms with Crippen molar-refractivity contribution in [2.75, 3.05) is 19.4 Å². The van der Waals surface area contributed by atoms with Crippen LogP contribution >= 0.6 is 7.94 Å². The predicted molar refractivity (Wildman–Crippen MR) is 60.9 cm³/mol. The zero-order valence-corrected chi connectivity index (χ0v) is 10.5. The third-order valence-electron chi connectivity index (χ3n) is 1.89. The average Bonchev–Trinajstić information content (AvgIpc) is 2.71. The first-order valence-corrected chi connectivity index (χ1v) is 7.15. The molecule has 6 heteroatoms. The standard InChI is InChI=1S/C9H19N2O3P/c1-4-12-15(6-3,13-5-2)14-11-8-7-10-9-11/h7-9,15H,4-6H2,1-3H3. The van der Waals surface area contributed by atoms with Crippen LogP contribution in [0.1, 0.15) is 20.8 Å². The van der Waals surface area contributed by atoms with Crippen LogP contribution in [0.15, 0.2) is 18.7 Å². The van der Waals surface area contributed by atoms with Gasteiger partial charge in [0.1, 0.15) is 0 Å². The van der Waals surface area contributed by atoms with Crippen LogP contribution in [0.25, 0.3) is 0 Å². The maximum absolute atomic E-state index is 5.72. The van der Waals surface area contributed by atoms with Gasteiger partial charge in [0.05, 0.1) is 0 Å². The topological polar surface area (TPSA) is 45.5 Å². The zero-order valence-electron chi connectivity index (χ0n) is 9.47. The van der Waals surface area contributed by atoms with E-state index < -0.39 is 7.94 Å². The van der Waals surface area contributed by atoms with Crippen LogP contribution in [-0.2, 0) is 9.05 Å². The first-order chi connectivity index (χ1) is 7.26. The van der Waals surface area contributed by atoms with Crippen LogP contribution < -0.4 is 4.62 Å². The summed E-state index contributed by atoms with van der Waals surface area (Å²) in [4.78, 5) is 3.91. The molecule has 1 rings (SSSR count). The van der Waals surface area contributed by atoms with Crippen LogP contribution in [0.4, 0.5) is 0 Å². The van der Waals surface area contributed by atoms with E-state index in [9.17, 15) is 0 Å². The maximum atomic E-state index is 5.72. The third kappa shape index (κ3) is 3.45. The number of rotatable bonds is 7. The molecule has 0 fully saturated rings. The fourth-order valence-electron chi connectivity index (χ4n) is 1.26. The van der Waals surface area contributed by atoms with Crippen LogP contribution in [0.2, 0.25) is 0 Å². The number of aromatic nitrogens is 2. The quantitative estimate of drug-likeness (QED) is 0.676. The van der Waals surface area contributed by atoms with Gasteiger partial charge < -0.3 is 0 Å². The Morgan fingerprint density at radius 1 is 1.20 bits per heavy atom. The van der Waals surface area contributed by atoms with Gasteiger partial charge in [-0.2, -0.15) is 0 Å². The van der Waals surface area contributed by atoms with E-state index in [0.29, 0.717) is 13.2 Å². The fourth-order valence-corrected chi connectivity index (χ4v) is 3.30. The van der Waals surface area contributed by atoms with Gasteiger partial charge in [-0.3, -0.25) is 0 Å². The van der Waals surface area contributed by atoms with Crippen molar-refractivity contribution in [3.05, 3.63) is 18.7 Å². The molecule has 0 saturated carbocycles. The van der Waals surface area contributed by atoms with Gasteiger partial charge in [0.2, 0.25) is 0 Å². The van der Waals surface area contributed by atoms with Crippen molar-refractivity contribution in [2.24, 2.45) is 0 Å². The van der Waals surface area contributed by atoms with Crippen molar-refractivity contribution < 1.29 is 13.7 Å². The van der Waals surface area contributed by atoms with E-state index in [-0.39, 0.29) is 0 Å². The van der Waals surface area contributed by atoms with E-state index in [1.54, 1.807) is 23.5 Å². The Labute approximate surface area is 90.9 Å². The Balaban J connectivity index is 2.69. The molecule has 0 radical (unpaired) electrons. The molecule has 0 aliphatic carbocycles. The van der Waals surface area contributed by atoms with Crippen molar-refractivity contribution in [3.8, 4) is 0 Å². The molecule has 1 aromatic heterocycles.